The third-order valence-corrected chi connectivity index (χ3v) is 13.6. The predicted octanol–water partition coefficient (Wildman–Crippen LogP) is 11.2. The number of hydrogen-bond donors (Lipinski definition) is 0. The third-order valence-electron chi connectivity index (χ3n) is 9.38. The summed E-state index contributed by atoms with van der Waals surface area (Å²) in [7, 11) is -3.01. The number of fused-ring (bicyclic) bond motifs is 5. The van der Waals surface area contributed by atoms with Crippen LogP contribution < -0.4 is 15.9 Å². The van der Waals surface area contributed by atoms with Gasteiger partial charge >= 0.3 is 0 Å². The van der Waals surface area contributed by atoms with Gasteiger partial charge in [-0.25, -0.2) is 4.98 Å². The molecule has 0 fully saturated rings. The largest absolute Gasteiger partial charge is 0.309 e. The van der Waals surface area contributed by atoms with E-state index in [0.29, 0.717) is 0 Å². The lowest BCUT2D eigenvalue weighted by molar-refractivity contribution is 0.592. The molecule has 0 spiro atoms. The first-order valence-electron chi connectivity index (χ1n) is 16.4. The molecule has 0 unspecified atom stereocenters. The minimum Gasteiger partial charge on any atom is -0.309 e. The minimum absolute atomic E-state index is 0.830. The molecule has 49 heavy (non-hydrogen) atoms. The summed E-state index contributed by atoms with van der Waals surface area (Å²) >= 11 is 1.82. The van der Waals surface area contributed by atoms with Gasteiger partial charge in [0.2, 0.25) is 0 Å². The molecule has 2 aromatic heterocycles. The van der Waals surface area contributed by atoms with E-state index in [1.807, 2.05) is 84.1 Å². The number of pyridine rings is 1. The van der Waals surface area contributed by atoms with E-state index < -0.39 is 7.14 Å². The molecule has 0 N–H and O–H groups in total. The second-order valence-electron chi connectivity index (χ2n) is 12.3. The van der Waals surface area contributed by atoms with Gasteiger partial charge in [-0.1, -0.05) is 170 Å². The number of nitrogens with zero attached hydrogens (tertiary/aromatic N) is 1. The third kappa shape index (κ3) is 5.11. The lowest BCUT2D eigenvalue weighted by Gasteiger charge is -2.20. The predicted molar refractivity (Wildman–Crippen MR) is 210 cm³/mol. The fraction of sp³-hybridized carbons (Fsp3) is 0. The maximum Gasteiger partial charge on any atom is 0.171 e. The van der Waals surface area contributed by atoms with Crippen molar-refractivity contribution in [3.8, 4) is 33.5 Å². The standard InChI is InChI=1S/C45H30NOPS/c47-48(36-14-6-2-7-15-36,37-16-8-3-9-17-37)38-27-24-32(25-28-38)31-20-22-33(23-21-31)35-26-29-39-41(30-35)46-44(34-12-4-1-5-13-34)45-43(39)40-18-10-11-19-42(40)49-45/h1-30H. The van der Waals surface area contributed by atoms with E-state index in [1.54, 1.807) is 0 Å². The van der Waals surface area contributed by atoms with Crippen LogP contribution in [0.25, 0.3) is 64.6 Å². The second kappa shape index (κ2) is 12.1. The van der Waals surface area contributed by atoms with Crippen LogP contribution in [0.3, 0.4) is 0 Å². The van der Waals surface area contributed by atoms with Gasteiger partial charge in [-0.3, -0.25) is 0 Å². The summed E-state index contributed by atoms with van der Waals surface area (Å²) < 4.78 is 17.3. The molecule has 9 aromatic rings. The molecule has 0 saturated carbocycles. The first-order chi connectivity index (χ1) is 24.2. The van der Waals surface area contributed by atoms with Crippen LogP contribution in [0.1, 0.15) is 0 Å². The normalized spacial score (nSPS) is 11.8. The Bertz CT molecular complexity index is 2610. The van der Waals surface area contributed by atoms with E-state index in [1.165, 1.54) is 25.6 Å². The molecule has 4 heteroatoms. The molecular weight excluding hydrogens is 634 g/mol. The zero-order chi connectivity index (χ0) is 32.8. The fourth-order valence-electron chi connectivity index (χ4n) is 6.90. The van der Waals surface area contributed by atoms with Gasteiger partial charge in [0.25, 0.3) is 0 Å². The molecule has 2 heterocycles. The topological polar surface area (TPSA) is 30.0 Å². The minimum atomic E-state index is -3.01. The number of aromatic nitrogens is 1. The van der Waals surface area contributed by atoms with Crippen LogP contribution in [0, 0.1) is 0 Å². The highest BCUT2D eigenvalue weighted by molar-refractivity contribution is 7.85. The van der Waals surface area contributed by atoms with Crippen LogP contribution in [0.5, 0.6) is 0 Å². The average Bonchev–Trinajstić information content (AvgIpc) is 3.58. The van der Waals surface area contributed by atoms with E-state index in [-0.39, 0.29) is 0 Å². The van der Waals surface area contributed by atoms with Crippen molar-refractivity contribution in [2.45, 2.75) is 0 Å². The van der Waals surface area contributed by atoms with Crippen molar-refractivity contribution in [3.63, 3.8) is 0 Å². The molecule has 0 aliphatic heterocycles. The maximum absolute atomic E-state index is 14.8. The summed E-state index contributed by atoms with van der Waals surface area (Å²) in [5.74, 6) is 0. The Morgan fingerprint density at radius 3 is 1.55 bits per heavy atom. The molecule has 9 rings (SSSR count). The van der Waals surface area contributed by atoms with E-state index in [0.717, 1.165) is 54.9 Å². The summed E-state index contributed by atoms with van der Waals surface area (Å²) in [6.45, 7) is 0. The van der Waals surface area contributed by atoms with Gasteiger partial charge in [0.15, 0.2) is 7.14 Å². The molecule has 232 valence electrons. The van der Waals surface area contributed by atoms with E-state index >= 15 is 0 Å². The first-order valence-corrected chi connectivity index (χ1v) is 18.9. The zero-order valence-corrected chi connectivity index (χ0v) is 28.2. The molecule has 0 atom stereocenters. The Kier molecular flexibility index (Phi) is 7.31. The molecule has 2 nitrogen and oxygen atoms in total. The second-order valence-corrected chi connectivity index (χ2v) is 16.1. The van der Waals surface area contributed by atoms with Crippen molar-refractivity contribution < 1.29 is 4.57 Å². The molecule has 0 bridgehead atoms. The van der Waals surface area contributed by atoms with E-state index in [2.05, 4.69) is 109 Å². The Morgan fingerprint density at radius 2 is 0.918 bits per heavy atom. The lowest BCUT2D eigenvalue weighted by atomic mass is 9.98. The highest BCUT2D eigenvalue weighted by Gasteiger charge is 2.29. The quantitative estimate of drug-likeness (QED) is 0.166. The van der Waals surface area contributed by atoms with Crippen LogP contribution >= 0.6 is 18.5 Å². The molecule has 7 aromatic carbocycles. The molecule has 0 amide bonds. The van der Waals surface area contributed by atoms with Crippen LogP contribution in [0.4, 0.5) is 0 Å². The summed E-state index contributed by atoms with van der Waals surface area (Å²) in [5.41, 5.74) is 7.62. The Morgan fingerprint density at radius 1 is 0.429 bits per heavy atom. The number of hydrogen-bond acceptors (Lipinski definition) is 3. The monoisotopic (exact) mass is 663 g/mol. The van der Waals surface area contributed by atoms with Crippen LogP contribution in [-0.4, -0.2) is 4.98 Å². The molecular formula is C45H30NOPS. The Balaban J connectivity index is 1.08. The van der Waals surface area contributed by atoms with Crippen molar-refractivity contribution >= 4 is 65.5 Å². The summed E-state index contributed by atoms with van der Waals surface area (Å²) in [6.07, 6.45) is 0. The molecule has 0 saturated heterocycles. The summed E-state index contributed by atoms with van der Waals surface area (Å²) in [6, 6.07) is 62.4. The van der Waals surface area contributed by atoms with Gasteiger partial charge in [-0.05, 0) is 34.4 Å². The molecule has 0 aliphatic carbocycles. The average molecular weight is 664 g/mol. The van der Waals surface area contributed by atoms with Gasteiger partial charge in [-0.15, -0.1) is 11.3 Å². The molecule has 0 radical (unpaired) electrons. The van der Waals surface area contributed by atoms with Gasteiger partial charge in [0.1, 0.15) is 0 Å². The van der Waals surface area contributed by atoms with Crippen LogP contribution in [0.15, 0.2) is 182 Å². The smallest absolute Gasteiger partial charge is 0.171 e. The number of thiophene rings is 1. The summed E-state index contributed by atoms with van der Waals surface area (Å²) in [4.78, 5) is 5.28. The van der Waals surface area contributed by atoms with Crippen LogP contribution in [0.2, 0.25) is 0 Å². The first kappa shape index (κ1) is 29.5. The van der Waals surface area contributed by atoms with Crippen molar-refractivity contribution in [3.05, 3.63) is 182 Å². The highest BCUT2D eigenvalue weighted by Crippen LogP contribution is 2.44. The lowest BCUT2D eigenvalue weighted by Crippen LogP contribution is -2.24. The van der Waals surface area contributed by atoms with Crippen LogP contribution in [-0.2, 0) is 4.57 Å². The Hall–Kier alpha value is -5.60. The van der Waals surface area contributed by atoms with Gasteiger partial charge in [-0.2, -0.15) is 0 Å². The van der Waals surface area contributed by atoms with E-state index in [4.69, 9.17) is 4.98 Å². The van der Waals surface area contributed by atoms with Crippen molar-refractivity contribution in [2.75, 3.05) is 0 Å². The number of rotatable bonds is 6. The summed E-state index contributed by atoms with van der Waals surface area (Å²) in [5, 5.41) is 6.24. The van der Waals surface area contributed by atoms with Gasteiger partial charge in [0.05, 0.1) is 15.9 Å². The zero-order valence-electron chi connectivity index (χ0n) is 26.5. The van der Waals surface area contributed by atoms with E-state index in [9.17, 15) is 4.57 Å². The van der Waals surface area contributed by atoms with Gasteiger partial charge in [0, 0.05) is 42.3 Å². The number of benzene rings is 7. The van der Waals surface area contributed by atoms with Gasteiger partial charge < -0.3 is 4.57 Å². The van der Waals surface area contributed by atoms with Crippen molar-refractivity contribution in [2.24, 2.45) is 0 Å². The van der Waals surface area contributed by atoms with Crippen molar-refractivity contribution in [1.29, 1.82) is 0 Å². The van der Waals surface area contributed by atoms with Crippen molar-refractivity contribution in [1.82, 2.24) is 4.98 Å². The SMILES string of the molecule is O=P(c1ccccc1)(c1ccccc1)c1ccc(-c2ccc(-c3ccc4c(c3)nc(-c3ccccc3)c3sc5ccccc5c34)cc2)cc1. The fourth-order valence-corrected chi connectivity index (χ4v) is 10.8. The maximum atomic E-state index is 14.8. The Labute approximate surface area is 289 Å². The highest BCUT2D eigenvalue weighted by atomic mass is 32.1. The molecule has 0 aliphatic rings.